The zero-order chi connectivity index (χ0) is 13.1. The van der Waals surface area contributed by atoms with Crippen LogP contribution in [0.1, 0.15) is 5.69 Å². The van der Waals surface area contributed by atoms with E-state index in [1.807, 2.05) is 0 Å². The Bertz CT molecular complexity index is 582. The molecule has 0 unspecified atom stereocenters. The number of benzene rings is 1. The van der Waals surface area contributed by atoms with Gasteiger partial charge in [0.25, 0.3) is 0 Å². The predicted octanol–water partition coefficient (Wildman–Crippen LogP) is 3.28. The molecule has 0 aliphatic heterocycles. The van der Waals surface area contributed by atoms with Gasteiger partial charge in [0, 0.05) is 18.8 Å². The van der Waals surface area contributed by atoms with E-state index in [1.54, 1.807) is 0 Å². The highest BCUT2D eigenvalue weighted by Gasteiger charge is 2.10. The summed E-state index contributed by atoms with van der Waals surface area (Å²) in [6, 6.07) is 2.58. The van der Waals surface area contributed by atoms with Crippen LogP contribution in [0.15, 0.2) is 29.0 Å². The van der Waals surface area contributed by atoms with E-state index in [9.17, 15) is 4.39 Å². The maximum atomic E-state index is 13.3. The lowest BCUT2D eigenvalue weighted by molar-refractivity contribution is 0.450. The van der Waals surface area contributed by atoms with E-state index >= 15 is 0 Å². The molecule has 0 aliphatic rings. The molecule has 0 radical (unpaired) electrons. The summed E-state index contributed by atoms with van der Waals surface area (Å²) in [6.07, 6.45) is 2.95. The monoisotopic (exact) mass is 331 g/mol. The molecule has 0 spiro atoms. The first-order valence-electron chi connectivity index (χ1n) is 4.93. The highest BCUT2D eigenvalue weighted by atomic mass is 79.9. The lowest BCUT2D eigenvalue weighted by Crippen LogP contribution is -2.01. The maximum Gasteiger partial charge on any atom is 0.238 e. The Morgan fingerprint density at radius 1 is 1.39 bits per heavy atom. The summed E-state index contributed by atoms with van der Waals surface area (Å²) in [5.74, 6) is -0.0708. The Morgan fingerprint density at radius 2 is 2.17 bits per heavy atom. The fraction of sp³-hybridized carbons (Fsp3) is 0.0909. The van der Waals surface area contributed by atoms with Gasteiger partial charge in [-0.1, -0.05) is 11.6 Å². The van der Waals surface area contributed by atoms with Crippen LogP contribution >= 0.6 is 27.5 Å². The van der Waals surface area contributed by atoms with Gasteiger partial charge < -0.3 is 10.5 Å². The van der Waals surface area contributed by atoms with Crippen molar-refractivity contribution in [2.45, 2.75) is 6.54 Å². The van der Waals surface area contributed by atoms with Crippen LogP contribution < -0.4 is 10.5 Å². The molecule has 0 saturated heterocycles. The van der Waals surface area contributed by atoms with Gasteiger partial charge in [0.15, 0.2) is 0 Å². The molecule has 2 aromatic rings. The smallest absolute Gasteiger partial charge is 0.238 e. The number of rotatable bonds is 3. The van der Waals surface area contributed by atoms with Crippen LogP contribution in [0.5, 0.6) is 11.6 Å². The lowest BCUT2D eigenvalue weighted by atomic mass is 10.3. The van der Waals surface area contributed by atoms with Crippen molar-refractivity contribution in [3.63, 3.8) is 0 Å². The van der Waals surface area contributed by atoms with Gasteiger partial charge in [0.2, 0.25) is 5.88 Å². The first kappa shape index (κ1) is 13.2. The predicted molar refractivity (Wildman–Crippen MR) is 69.1 cm³/mol. The molecular formula is C11H8BrClFN3O. The summed E-state index contributed by atoms with van der Waals surface area (Å²) in [5, 5.41) is 0.0102. The van der Waals surface area contributed by atoms with Crippen LogP contribution in [0, 0.1) is 5.82 Å². The zero-order valence-corrected chi connectivity index (χ0v) is 11.4. The number of nitrogens with two attached hydrogens (primary N) is 1. The summed E-state index contributed by atoms with van der Waals surface area (Å²) >= 11 is 8.86. The largest absolute Gasteiger partial charge is 0.436 e. The minimum Gasteiger partial charge on any atom is -0.436 e. The van der Waals surface area contributed by atoms with Crippen LogP contribution in [0.25, 0.3) is 0 Å². The molecule has 18 heavy (non-hydrogen) atoms. The van der Waals surface area contributed by atoms with Crippen molar-refractivity contribution in [1.29, 1.82) is 0 Å². The third-order valence-corrected chi connectivity index (χ3v) is 2.97. The summed E-state index contributed by atoms with van der Waals surface area (Å²) in [4.78, 5) is 8.01. The average Bonchev–Trinajstić information content (AvgIpc) is 2.36. The fourth-order valence-electron chi connectivity index (χ4n) is 1.23. The van der Waals surface area contributed by atoms with E-state index < -0.39 is 5.82 Å². The molecule has 0 saturated carbocycles. The highest BCUT2D eigenvalue weighted by molar-refractivity contribution is 9.10. The first-order chi connectivity index (χ1) is 8.60. The maximum absolute atomic E-state index is 13.3. The van der Waals surface area contributed by atoms with Gasteiger partial charge >= 0.3 is 0 Å². The Hall–Kier alpha value is -1.24. The first-order valence-corrected chi connectivity index (χ1v) is 6.10. The van der Waals surface area contributed by atoms with E-state index in [4.69, 9.17) is 22.1 Å². The third kappa shape index (κ3) is 2.95. The molecule has 0 bridgehead atoms. The Labute approximate surface area is 116 Å². The minimum atomic E-state index is -0.571. The molecule has 4 nitrogen and oxygen atoms in total. The number of aromatic nitrogens is 2. The molecule has 1 heterocycles. The molecule has 2 N–H and O–H groups in total. The quantitative estimate of drug-likeness (QED) is 0.876. The van der Waals surface area contributed by atoms with Crippen molar-refractivity contribution in [2.24, 2.45) is 5.73 Å². The second-order valence-corrected chi connectivity index (χ2v) is 4.61. The number of hydrogen-bond donors (Lipinski definition) is 1. The van der Waals surface area contributed by atoms with E-state index in [1.165, 1.54) is 24.5 Å². The van der Waals surface area contributed by atoms with Crippen molar-refractivity contribution >= 4 is 27.5 Å². The summed E-state index contributed by atoms with van der Waals surface area (Å²) in [5.41, 5.74) is 6.02. The Kier molecular flexibility index (Phi) is 4.11. The number of halogens is 3. The van der Waals surface area contributed by atoms with E-state index in [-0.39, 0.29) is 23.2 Å². The van der Waals surface area contributed by atoms with E-state index in [0.29, 0.717) is 10.2 Å². The molecule has 1 aromatic heterocycles. The molecule has 7 heteroatoms. The lowest BCUT2D eigenvalue weighted by Gasteiger charge is -2.08. The van der Waals surface area contributed by atoms with Crippen LogP contribution in [0.3, 0.4) is 0 Å². The SMILES string of the molecule is NCc1cncc(Oc2cc(F)c(Cl)cc2Br)n1. The Balaban J connectivity index is 2.30. The van der Waals surface area contributed by atoms with Gasteiger partial charge in [-0.05, 0) is 22.0 Å². The van der Waals surface area contributed by atoms with Crippen molar-refractivity contribution < 1.29 is 9.13 Å². The topological polar surface area (TPSA) is 61.0 Å². The van der Waals surface area contributed by atoms with E-state index in [0.717, 1.165) is 0 Å². The third-order valence-electron chi connectivity index (χ3n) is 2.06. The van der Waals surface area contributed by atoms with E-state index in [2.05, 4.69) is 25.9 Å². The minimum absolute atomic E-state index is 0.0102. The van der Waals surface area contributed by atoms with Crippen molar-refractivity contribution in [3.8, 4) is 11.6 Å². The molecule has 94 valence electrons. The molecule has 2 rings (SSSR count). The van der Waals surface area contributed by atoms with Gasteiger partial charge in [0.05, 0.1) is 21.4 Å². The summed E-state index contributed by atoms with van der Waals surface area (Å²) in [6.45, 7) is 0.250. The van der Waals surface area contributed by atoms with Gasteiger partial charge in [-0.3, -0.25) is 4.98 Å². The highest BCUT2D eigenvalue weighted by Crippen LogP contribution is 2.32. The molecule has 0 atom stereocenters. The zero-order valence-electron chi connectivity index (χ0n) is 9.03. The number of nitrogens with zero attached hydrogens (tertiary/aromatic N) is 2. The Morgan fingerprint density at radius 3 is 2.89 bits per heavy atom. The number of hydrogen-bond acceptors (Lipinski definition) is 4. The second kappa shape index (κ2) is 5.60. The molecule has 0 fully saturated rings. The molecular weight excluding hydrogens is 324 g/mol. The summed E-state index contributed by atoms with van der Waals surface area (Å²) in [7, 11) is 0. The van der Waals surface area contributed by atoms with Gasteiger partial charge in [0.1, 0.15) is 11.6 Å². The van der Waals surface area contributed by atoms with Crippen LogP contribution in [0.4, 0.5) is 4.39 Å². The molecule has 1 aromatic carbocycles. The summed E-state index contributed by atoms with van der Waals surface area (Å²) < 4.78 is 19.3. The van der Waals surface area contributed by atoms with Gasteiger partial charge in [-0.2, -0.15) is 0 Å². The van der Waals surface area contributed by atoms with Crippen LogP contribution in [-0.4, -0.2) is 9.97 Å². The second-order valence-electron chi connectivity index (χ2n) is 3.35. The van der Waals surface area contributed by atoms with Gasteiger partial charge in [-0.25, -0.2) is 9.37 Å². The molecule has 0 aliphatic carbocycles. The average molecular weight is 333 g/mol. The van der Waals surface area contributed by atoms with Gasteiger partial charge in [-0.15, -0.1) is 0 Å². The van der Waals surface area contributed by atoms with Crippen molar-refractivity contribution in [1.82, 2.24) is 9.97 Å². The van der Waals surface area contributed by atoms with Crippen LogP contribution in [-0.2, 0) is 6.54 Å². The number of ether oxygens (including phenoxy) is 1. The van der Waals surface area contributed by atoms with Crippen LogP contribution in [0.2, 0.25) is 5.02 Å². The van der Waals surface area contributed by atoms with Crippen molar-refractivity contribution in [3.05, 3.63) is 45.5 Å². The standard InChI is InChI=1S/C11H8BrClFN3O/c12-7-1-8(13)9(14)2-10(7)18-11-5-16-4-6(3-15)17-11/h1-2,4-5H,3,15H2. The fourth-order valence-corrected chi connectivity index (χ4v) is 1.95. The van der Waals surface area contributed by atoms with Crippen molar-refractivity contribution in [2.75, 3.05) is 0 Å². The molecule has 0 amide bonds. The normalized spacial score (nSPS) is 10.4.